The predicted molar refractivity (Wildman–Crippen MR) is 97.3 cm³/mol. The first-order valence-corrected chi connectivity index (χ1v) is 8.38. The van der Waals surface area contributed by atoms with Crippen molar-refractivity contribution in [2.24, 2.45) is 4.99 Å². The number of aliphatic imine (C=N–C) groups is 1. The molecule has 0 bridgehead atoms. The highest BCUT2D eigenvalue weighted by molar-refractivity contribution is 5.79. The Kier molecular flexibility index (Phi) is 5.97. The molecule has 0 saturated heterocycles. The monoisotopic (exact) mass is 356 g/mol. The molecule has 0 amide bonds. The number of hydrogen-bond donors (Lipinski definition) is 3. The van der Waals surface area contributed by atoms with E-state index in [-0.39, 0.29) is 5.82 Å². The number of benzene rings is 1. The maximum absolute atomic E-state index is 13.2. The number of nitrogens with zero attached hydrogens (tertiary/aromatic N) is 3. The van der Waals surface area contributed by atoms with Crippen LogP contribution in [0.25, 0.3) is 11.6 Å². The number of rotatable bonds is 7. The van der Waals surface area contributed by atoms with Crippen LogP contribution in [0.5, 0.6) is 0 Å². The molecule has 0 aliphatic carbocycles. The van der Waals surface area contributed by atoms with Crippen LogP contribution in [0, 0.1) is 5.82 Å². The molecule has 2 aromatic heterocycles. The standard InChI is InChI=1S/C18H21FN6O/c1-20-18(21-9-7-13-4-2-5-14(19)12-13)22-10-8-16-23-17(25-24-16)15-6-3-11-26-15/h2-6,11-12H,7-10H2,1H3,(H2,20,21,22)(H,23,24,25). The minimum Gasteiger partial charge on any atom is -0.461 e. The van der Waals surface area contributed by atoms with Crippen molar-refractivity contribution in [3.63, 3.8) is 0 Å². The van der Waals surface area contributed by atoms with Gasteiger partial charge in [-0.1, -0.05) is 12.1 Å². The minimum atomic E-state index is -0.217. The van der Waals surface area contributed by atoms with E-state index >= 15 is 0 Å². The summed E-state index contributed by atoms with van der Waals surface area (Å²) in [6.07, 6.45) is 2.97. The second-order valence-corrected chi connectivity index (χ2v) is 5.64. The van der Waals surface area contributed by atoms with Crippen LogP contribution in [0.4, 0.5) is 4.39 Å². The van der Waals surface area contributed by atoms with E-state index in [1.54, 1.807) is 31.5 Å². The van der Waals surface area contributed by atoms with E-state index < -0.39 is 0 Å². The van der Waals surface area contributed by atoms with E-state index in [1.807, 2.05) is 12.1 Å². The van der Waals surface area contributed by atoms with Gasteiger partial charge in [0.05, 0.1) is 6.26 Å². The molecule has 0 atom stereocenters. The van der Waals surface area contributed by atoms with Gasteiger partial charge < -0.3 is 15.1 Å². The second-order valence-electron chi connectivity index (χ2n) is 5.64. The van der Waals surface area contributed by atoms with Crippen LogP contribution < -0.4 is 10.6 Å². The largest absolute Gasteiger partial charge is 0.461 e. The van der Waals surface area contributed by atoms with Gasteiger partial charge in [-0.05, 0) is 36.2 Å². The van der Waals surface area contributed by atoms with Crippen molar-refractivity contribution in [1.82, 2.24) is 25.8 Å². The quantitative estimate of drug-likeness (QED) is 0.446. The van der Waals surface area contributed by atoms with Gasteiger partial charge in [0.1, 0.15) is 11.6 Å². The molecule has 0 radical (unpaired) electrons. The molecular formula is C18H21FN6O. The lowest BCUT2D eigenvalue weighted by atomic mass is 10.1. The number of hydrogen-bond acceptors (Lipinski definition) is 4. The minimum absolute atomic E-state index is 0.217. The maximum Gasteiger partial charge on any atom is 0.216 e. The molecular weight excluding hydrogens is 335 g/mol. The summed E-state index contributed by atoms with van der Waals surface area (Å²) < 4.78 is 18.4. The molecule has 2 heterocycles. The van der Waals surface area contributed by atoms with Crippen LogP contribution in [-0.2, 0) is 12.8 Å². The molecule has 0 aliphatic heterocycles. The molecule has 1 aromatic carbocycles. The Morgan fingerprint density at radius 2 is 2.04 bits per heavy atom. The zero-order valence-electron chi connectivity index (χ0n) is 14.5. The van der Waals surface area contributed by atoms with Gasteiger partial charge >= 0.3 is 0 Å². The molecule has 26 heavy (non-hydrogen) atoms. The molecule has 0 saturated carbocycles. The van der Waals surface area contributed by atoms with Crippen LogP contribution in [0.15, 0.2) is 52.1 Å². The Morgan fingerprint density at radius 3 is 2.77 bits per heavy atom. The summed E-state index contributed by atoms with van der Waals surface area (Å²) in [4.78, 5) is 8.56. The molecule has 3 rings (SSSR count). The third kappa shape index (κ3) is 4.92. The SMILES string of the molecule is CN=C(NCCc1cccc(F)c1)NCCc1nc(-c2ccco2)n[nH]1. The highest BCUT2D eigenvalue weighted by Gasteiger charge is 2.08. The number of furan rings is 1. The topological polar surface area (TPSA) is 91.1 Å². The van der Waals surface area contributed by atoms with Gasteiger partial charge in [-0.15, -0.1) is 0 Å². The normalized spacial score (nSPS) is 11.5. The van der Waals surface area contributed by atoms with Gasteiger partial charge in [-0.2, -0.15) is 5.10 Å². The van der Waals surface area contributed by atoms with E-state index in [0.717, 1.165) is 11.4 Å². The lowest BCUT2D eigenvalue weighted by molar-refractivity contribution is 0.577. The lowest BCUT2D eigenvalue weighted by Crippen LogP contribution is -2.39. The van der Waals surface area contributed by atoms with Gasteiger partial charge in [0.2, 0.25) is 5.82 Å². The summed E-state index contributed by atoms with van der Waals surface area (Å²) in [7, 11) is 1.71. The molecule has 0 aliphatic rings. The summed E-state index contributed by atoms with van der Waals surface area (Å²) in [6, 6.07) is 10.2. The summed E-state index contributed by atoms with van der Waals surface area (Å²) in [5, 5.41) is 13.5. The van der Waals surface area contributed by atoms with E-state index in [2.05, 4.69) is 30.8 Å². The molecule has 7 nitrogen and oxygen atoms in total. The van der Waals surface area contributed by atoms with E-state index in [4.69, 9.17) is 4.42 Å². The fourth-order valence-corrected chi connectivity index (χ4v) is 2.46. The van der Waals surface area contributed by atoms with Gasteiger partial charge in [-0.3, -0.25) is 10.1 Å². The van der Waals surface area contributed by atoms with Crippen LogP contribution in [0.2, 0.25) is 0 Å². The first-order valence-electron chi connectivity index (χ1n) is 8.38. The van der Waals surface area contributed by atoms with E-state index in [9.17, 15) is 4.39 Å². The lowest BCUT2D eigenvalue weighted by Gasteiger charge is -2.11. The molecule has 0 unspecified atom stereocenters. The Bertz CT molecular complexity index is 843. The van der Waals surface area contributed by atoms with Crippen LogP contribution in [-0.4, -0.2) is 41.3 Å². The molecule has 0 fully saturated rings. The van der Waals surface area contributed by atoms with Crippen molar-refractivity contribution >= 4 is 5.96 Å². The fourth-order valence-electron chi connectivity index (χ4n) is 2.46. The number of H-pyrrole nitrogens is 1. The molecule has 3 aromatic rings. The summed E-state index contributed by atoms with van der Waals surface area (Å²) in [5.74, 6) is 2.41. The smallest absolute Gasteiger partial charge is 0.216 e. The predicted octanol–water partition coefficient (Wildman–Crippen LogP) is 2.15. The zero-order chi connectivity index (χ0) is 18.2. The molecule has 136 valence electrons. The number of guanidine groups is 1. The Labute approximate surface area is 150 Å². The van der Waals surface area contributed by atoms with Gasteiger partial charge in [0.15, 0.2) is 11.7 Å². The van der Waals surface area contributed by atoms with Gasteiger partial charge in [0.25, 0.3) is 0 Å². The second kappa shape index (κ2) is 8.80. The van der Waals surface area contributed by atoms with Gasteiger partial charge in [0, 0.05) is 26.6 Å². The number of aromatic amines is 1. The van der Waals surface area contributed by atoms with Crippen LogP contribution in [0.3, 0.4) is 0 Å². The van der Waals surface area contributed by atoms with Crippen molar-refractivity contribution < 1.29 is 8.81 Å². The van der Waals surface area contributed by atoms with E-state index in [0.29, 0.717) is 43.5 Å². The number of nitrogens with one attached hydrogen (secondary N) is 3. The van der Waals surface area contributed by atoms with Crippen molar-refractivity contribution in [3.05, 3.63) is 59.9 Å². The van der Waals surface area contributed by atoms with Crippen molar-refractivity contribution in [1.29, 1.82) is 0 Å². The average molecular weight is 356 g/mol. The average Bonchev–Trinajstić information content (AvgIpc) is 3.32. The highest BCUT2D eigenvalue weighted by Crippen LogP contribution is 2.14. The Balaban J connectivity index is 1.40. The molecule has 3 N–H and O–H groups in total. The third-order valence-corrected chi connectivity index (χ3v) is 3.75. The molecule has 8 heteroatoms. The van der Waals surface area contributed by atoms with Crippen LogP contribution >= 0.6 is 0 Å². The maximum atomic E-state index is 13.2. The first kappa shape index (κ1) is 17.7. The third-order valence-electron chi connectivity index (χ3n) is 3.75. The summed E-state index contributed by atoms with van der Waals surface area (Å²) in [5.41, 5.74) is 0.945. The Hall–Kier alpha value is -3.16. The number of halogens is 1. The molecule has 0 spiro atoms. The fraction of sp³-hybridized carbons (Fsp3) is 0.278. The highest BCUT2D eigenvalue weighted by atomic mass is 19.1. The van der Waals surface area contributed by atoms with Crippen molar-refractivity contribution in [2.45, 2.75) is 12.8 Å². The van der Waals surface area contributed by atoms with Crippen LogP contribution in [0.1, 0.15) is 11.4 Å². The van der Waals surface area contributed by atoms with Crippen molar-refractivity contribution in [3.8, 4) is 11.6 Å². The summed E-state index contributed by atoms with van der Waals surface area (Å²) >= 11 is 0. The van der Waals surface area contributed by atoms with Gasteiger partial charge in [-0.25, -0.2) is 9.37 Å². The zero-order valence-corrected chi connectivity index (χ0v) is 14.5. The summed E-state index contributed by atoms with van der Waals surface area (Å²) in [6.45, 7) is 1.31. The number of aromatic nitrogens is 3. The van der Waals surface area contributed by atoms with E-state index in [1.165, 1.54) is 6.07 Å². The first-order chi connectivity index (χ1) is 12.7. The van der Waals surface area contributed by atoms with Crippen molar-refractivity contribution in [2.75, 3.05) is 20.1 Å². The Morgan fingerprint density at radius 1 is 1.19 bits per heavy atom.